The maximum Gasteiger partial charge on any atom is 0.416 e. The molecule has 3 rings (SSSR count). The topological polar surface area (TPSA) is 60.2 Å². The molecule has 1 aromatic heterocycles. The Balaban J connectivity index is 2.08. The number of rotatable bonds is 2. The Morgan fingerprint density at radius 3 is 2.57 bits per heavy atom. The fourth-order valence-corrected chi connectivity index (χ4v) is 4.04. The van der Waals surface area contributed by atoms with Crippen molar-refractivity contribution < 1.29 is 22.8 Å². The number of alkyl halides is 3. The highest BCUT2D eigenvalue weighted by molar-refractivity contribution is 7.18. The molecule has 0 bridgehead atoms. The third-order valence-electron chi connectivity index (χ3n) is 4.04. The molecule has 7 heteroatoms. The molecule has 0 fully saturated rings. The van der Waals surface area contributed by atoms with Crippen molar-refractivity contribution in [1.29, 1.82) is 0 Å². The van der Waals surface area contributed by atoms with Crippen molar-refractivity contribution in [3.05, 3.63) is 51.4 Å². The molecule has 0 saturated carbocycles. The van der Waals surface area contributed by atoms with Crippen LogP contribution in [-0.2, 0) is 12.6 Å². The predicted octanol–water partition coefficient (Wildman–Crippen LogP) is 4.07. The van der Waals surface area contributed by atoms with Crippen molar-refractivity contribution in [2.75, 3.05) is 5.73 Å². The number of halogens is 3. The Morgan fingerprint density at radius 1 is 1.22 bits per heavy atom. The summed E-state index contributed by atoms with van der Waals surface area (Å²) < 4.78 is 39.6. The molecule has 0 amide bonds. The first-order chi connectivity index (χ1) is 10.8. The first-order valence-corrected chi connectivity index (χ1v) is 7.70. The van der Waals surface area contributed by atoms with Gasteiger partial charge in [0.25, 0.3) is 0 Å². The molecule has 120 valence electrons. The predicted molar refractivity (Wildman–Crippen MR) is 81.0 cm³/mol. The van der Waals surface area contributed by atoms with E-state index in [0.717, 1.165) is 17.4 Å². The summed E-state index contributed by atoms with van der Waals surface area (Å²) in [4.78, 5) is 23.8. The van der Waals surface area contributed by atoms with E-state index in [-0.39, 0.29) is 34.8 Å². The van der Waals surface area contributed by atoms with Crippen LogP contribution in [0.4, 0.5) is 18.2 Å². The lowest BCUT2D eigenvalue weighted by Gasteiger charge is -2.25. The Morgan fingerprint density at radius 2 is 1.91 bits per heavy atom. The minimum Gasteiger partial charge on any atom is -0.390 e. The van der Waals surface area contributed by atoms with Crippen LogP contribution in [0.15, 0.2) is 24.3 Å². The molecule has 1 aliphatic carbocycles. The molecule has 1 aromatic carbocycles. The number of thiophene rings is 1. The van der Waals surface area contributed by atoms with Gasteiger partial charge in [-0.1, -0.05) is 18.2 Å². The lowest BCUT2D eigenvalue weighted by atomic mass is 9.80. The molecule has 1 aliphatic rings. The second kappa shape index (κ2) is 5.49. The number of nitrogens with two attached hydrogens (primary N) is 1. The number of anilines is 1. The first-order valence-electron chi connectivity index (χ1n) is 6.88. The van der Waals surface area contributed by atoms with Gasteiger partial charge in [-0.25, -0.2) is 0 Å². The zero-order valence-corrected chi connectivity index (χ0v) is 12.6. The Bertz CT molecular complexity index is 795. The third-order valence-corrected chi connectivity index (χ3v) is 5.15. The summed E-state index contributed by atoms with van der Waals surface area (Å²) >= 11 is 1.03. The number of benzene rings is 1. The standard InChI is InChI=1S/C16H12F3NO2S/c17-16(18,19)12-4-2-1-3-9(12)8-5-10-11(7-21)15(20)23-14(10)13(22)6-8/h1-4,7-8H,5-6,20H2. The molecule has 3 nitrogen and oxygen atoms in total. The maximum absolute atomic E-state index is 13.2. The molecule has 2 aromatic rings. The number of Topliss-reactive ketones (excluding diaryl/α,β-unsaturated/α-hetero) is 1. The average Bonchev–Trinajstić information content (AvgIpc) is 2.82. The van der Waals surface area contributed by atoms with Crippen LogP contribution in [0.2, 0.25) is 0 Å². The normalized spacial score (nSPS) is 17.9. The van der Waals surface area contributed by atoms with Crippen LogP contribution in [-0.4, -0.2) is 12.1 Å². The van der Waals surface area contributed by atoms with E-state index in [1.807, 2.05) is 0 Å². The van der Waals surface area contributed by atoms with Crippen molar-refractivity contribution in [3.63, 3.8) is 0 Å². The minimum atomic E-state index is -4.49. The Labute approximate surface area is 133 Å². The number of hydrogen-bond acceptors (Lipinski definition) is 4. The van der Waals surface area contributed by atoms with Gasteiger partial charge in [0.2, 0.25) is 0 Å². The lowest BCUT2D eigenvalue weighted by molar-refractivity contribution is -0.138. The van der Waals surface area contributed by atoms with Crippen molar-refractivity contribution >= 4 is 28.4 Å². The number of hydrogen-bond donors (Lipinski definition) is 1. The van der Waals surface area contributed by atoms with Crippen LogP contribution in [0.5, 0.6) is 0 Å². The van der Waals surface area contributed by atoms with Gasteiger partial charge in [0.15, 0.2) is 12.1 Å². The van der Waals surface area contributed by atoms with Crippen LogP contribution in [0.25, 0.3) is 0 Å². The molecule has 0 saturated heterocycles. The highest BCUT2D eigenvalue weighted by Crippen LogP contribution is 2.43. The summed E-state index contributed by atoms with van der Waals surface area (Å²) in [5, 5.41) is 0.239. The summed E-state index contributed by atoms with van der Waals surface area (Å²) in [5.74, 6) is -0.876. The van der Waals surface area contributed by atoms with Crippen LogP contribution < -0.4 is 5.73 Å². The van der Waals surface area contributed by atoms with Gasteiger partial charge in [-0.2, -0.15) is 13.2 Å². The fraction of sp³-hybridized carbons (Fsp3) is 0.250. The maximum atomic E-state index is 13.2. The SMILES string of the molecule is Nc1sc2c(c1C=O)CC(c1ccccc1C(F)(F)F)CC2=O. The largest absolute Gasteiger partial charge is 0.416 e. The van der Waals surface area contributed by atoms with Crippen molar-refractivity contribution in [2.24, 2.45) is 0 Å². The van der Waals surface area contributed by atoms with Gasteiger partial charge in [0, 0.05) is 6.42 Å². The van der Waals surface area contributed by atoms with Crippen LogP contribution in [0, 0.1) is 0 Å². The van der Waals surface area contributed by atoms with E-state index < -0.39 is 17.7 Å². The van der Waals surface area contributed by atoms with Crippen LogP contribution >= 0.6 is 11.3 Å². The number of carbonyl (C=O) groups is 2. The van der Waals surface area contributed by atoms with Gasteiger partial charge in [-0.15, -0.1) is 11.3 Å². The van der Waals surface area contributed by atoms with Crippen molar-refractivity contribution in [3.8, 4) is 0 Å². The van der Waals surface area contributed by atoms with Gasteiger partial charge in [-0.05, 0) is 29.5 Å². The molecule has 2 N–H and O–H groups in total. The smallest absolute Gasteiger partial charge is 0.390 e. The van der Waals surface area contributed by atoms with Gasteiger partial charge < -0.3 is 5.73 Å². The summed E-state index contributed by atoms with van der Waals surface area (Å²) in [6.07, 6.45) is -3.73. The number of fused-ring (bicyclic) bond motifs is 1. The quantitative estimate of drug-likeness (QED) is 0.839. The van der Waals surface area contributed by atoms with Crippen molar-refractivity contribution in [1.82, 2.24) is 0 Å². The summed E-state index contributed by atoms with van der Waals surface area (Å²) in [7, 11) is 0. The average molecular weight is 339 g/mol. The van der Waals surface area contributed by atoms with Gasteiger partial charge in [-0.3, -0.25) is 9.59 Å². The number of ketones is 1. The molecule has 1 atom stereocenters. The van der Waals surface area contributed by atoms with E-state index in [1.165, 1.54) is 18.2 Å². The summed E-state index contributed by atoms with van der Waals surface area (Å²) in [6.45, 7) is 0. The lowest BCUT2D eigenvalue weighted by Crippen LogP contribution is -2.21. The molecule has 1 heterocycles. The molecular weight excluding hydrogens is 327 g/mol. The van der Waals surface area contributed by atoms with Crippen LogP contribution in [0.1, 0.15) is 49.1 Å². The van der Waals surface area contributed by atoms with Crippen molar-refractivity contribution in [2.45, 2.75) is 24.9 Å². The molecule has 23 heavy (non-hydrogen) atoms. The Hall–Kier alpha value is -2.15. The number of nitrogen functional groups attached to an aromatic ring is 1. The first kappa shape index (κ1) is 15.7. The van der Waals surface area contributed by atoms with E-state index in [0.29, 0.717) is 16.7 Å². The highest BCUT2D eigenvalue weighted by Gasteiger charge is 2.38. The second-order valence-corrected chi connectivity index (χ2v) is 6.47. The summed E-state index contributed by atoms with van der Waals surface area (Å²) in [6, 6.07) is 5.25. The zero-order chi connectivity index (χ0) is 16.8. The zero-order valence-electron chi connectivity index (χ0n) is 11.8. The van der Waals surface area contributed by atoms with E-state index in [2.05, 4.69) is 0 Å². The minimum absolute atomic E-state index is 0.0155. The monoisotopic (exact) mass is 339 g/mol. The van der Waals surface area contributed by atoms with E-state index in [4.69, 9.17) is 5.73 Å². The van der Waals surface area contributed by atoms with Gasteiger partial charge in [0.1, 0.15) is 0 Å². The molecule has 0 radical (unpaired) electrons. The molecule has 0 spiro atoms. The van der Waals surface area contributed by atoms with E-state index >= 15 is 0 Å². The van der Waals surface area contributed by atoms with E-state index in [1.54, 1.807) is 0 Å². The second-order valence-electron chi connectivity index (χ2n) is 5.42. The van der Waals surface area contributed by atoms with Gasteiger partial charge >= 0.3 is 6.18 Å². The van der Waals surface area contributed by atoms with Gasteiger partial charge in [0.05, 0.1) is 21.0 Å². The van der Waals surface area contributed by atoms with Crippen LogP contribution in [0.3, 0.4) is 0 Å². The third kappa shape index (κ3) is 2.65. The molecule has 1 unspecified atom stereocenters. The summed E-state index contributed by atoms with van der Waals surface area (Å²) in [5.41, 5.74) is 5.78. The number of aldehydes is 1. The highest BCUT2D eigenvalue weighted by atomic mass is 32.1. The fourth-order valence-electron chi connectivity index (χ4n) is 3.02. The molecular formula is C16H12F3NO2S. The Kier molecular flexibility index (Phi) is 3.75. The molecule has 0 aliphatic heterocycles. The van der Waals surface area contributed by atoms with E-state index in [9.17, 15) is 22.8 Å². The number of carbonyl (C=O) groups excluding carboxylic acids is 2.